The molecular formula is C14H13F3N2S. The number of halogens is 3. The van der Waals surface area contributed by atoms with Crippen LogP contribution in [0.3, 0.4) is 0 Å². The number of thiazole rings is 1. The van der Waals surface area contributed by atoms with Crippen LogP contribution in [-0.2, 0) is 12.7 Å². The van der Waals surface area contributed by atoms with Crippen molar-refractivity contribution >= 4 is 11.3 Å². The van der Waals surface area contributed by atoms with Crippen LogP contribution < -0.4 is 5.32 Å². The first-order valence-electron chi connectivity index (χ1n) is 6.38. The molecule has 1 aromatic carbocycles. The lowest BCUT2D eigenvalue weighted by molar-refractivity contribution is -0.137. The summed E-state index contributed by atoms with van der Waals surface area (Å²) in [5.74, 6) is 0. The number of hydrogen-bond donors (Lipinski definition) is 1. The van der Waals surface area contributed by atoms with Crippen LogP contribution in [0.15, 0.2) is 30.5 Å². The Hall–Kier alpha value is -1.40. The molecule has 3 rings (SSSR count). The fraction of sp³-hybridized carbons (Fsp3) is 0.357. The molecule has 2 aromatic rings. The van der Waals surface area contributed by atoms with Gasteiger partial charge in [-0.3, -0.25) is 0 Å². The van der Waals surface area contributed by atoms with Gasteiger partial charge in [0.15, 0.2) is 0 Å². The van der Waals surface area contributed by atoms with Crippen LogP contribution >= 0.6 is 11.3 Å². The van der Waals surface area contributed by atoms with Crippen LogP contribution in [0.2, 0.25) is 0 Å². The molecular weight excluding hydrogens is 285 g/mol. The summed E-state index contributed by atoms with van der Waals surface area (Å²) in [6, 6.07) is 5.77. The molecule has 1 N–H and O–H groups in total. The third-order valence-electron chi connectivity index (χ3n) is 3.16. The molecule has 0 amide bonds. The lowest BCUT2D eigenvalue weighted by atomic mass is 10.1. The van der Waals surface area contributed by atoms with Gasteiger partial charge in [0.25, 0.3) is 0 Å². The summed E-state index contributed by atoms with van der Waals surface area (Å²) in [4.78, 5) is 5.38. The zero-order valence-corrected chi connectivity index (χ0v) is 11.4. The van der Waals surface area contributed by atoms with Gasteiger partial charge in [0.05, 0.1) is 5.56 Å². The Morgan fingerprint density at radius 1 is 1.20 bits per heavy atom. The van der Waals surface area contributed by atoms with E-state index in [1.54, 1.807) is 6.20 Å². The van der Waals surface area contributed by atoms with E-state index in [0.717, 1.165) is 34.1 Å². The summed E-state index contributed by atoms with van der Waals surface area (Å²) in [7, 11) is 0. The molecule has 0 bridgehead atoms. The molecule has 0 unspecified atom stereocenters. The largest absolute Gasteiger partial charge is 0.416 e. The zero-order valence-electron chi connectivity index (χ0n) is 10.6. The van der Waals surface area contributed by atoms with Gasteiger partial charge in [-0.25, -0.2) is 4.98 Å². The second kappa shape index (κ2) is 5.18. The van der Waals surface area contributed by atoms with Gasteiger partial charge in [-0.2, -0.15) is 13.2 Å². The molecule has 0 atom stereocenters. The van der Waals surface area contributed by atoms with Crippen molar-refractivity contribution < 1.29 is 13.2 Å². The fourth-order valence-corrected chi connectivity index (χ4v) is 2.73. The standard InChI is InChI=1S/C14H13F3N2S/c15-14(16,17)10-3-1-9(2-4-10)13-19-8-12(20-13)7-18-11-5-6-11/h1-4,8,11,18H,5-7H2. The van der Waals surface area contributed by atoms with Gasteiger partial charge >= 0.3 is 6.18 Å². The Bertz CT molecular complexity index is 585. The molecule has 6 heteroatoms. The molecule has 20 heavy (non-hydrogen) atoms. The molecule has 1 saturated carbocycles. The van der Waals surface area contributed by atoms with Crippen molar-refractivity contribution in [3.05, 3.63) is 40.9 Å². The smallest absolute Gasteiger partial charge is 0.309 e. The molecule has 1 fully saturated rings. The number of benzene rings is 1. The first-order valence-corrected chi connectivity index (χ1v) is 7.20. The van der Waals surface area contributed by atoms with E-state index in [-0.39, 0.29) is 0 Å². The molecule has 0 aliphatic heterocycles. The van der Waals surface area contributed by atoms with Crippen LogP contribution in [0.1, 0.15) is 23.3 Å². The molecule has 1 aliphatic carbocycles. The third-order valence-corrected chi connectivity index (χ3v) is 4.20. The monoisotopic (exact) mass is 298 g/mol. The molecule has 0 radical (unpaired) electrons. The van der Waals surface area contributed by atoms with E-state index in [0.29, 0.717) is 6.04 Å². The Kier molecular flexibility index (Phi) is 3.52. The van der Waals surface area contributed by atoms with Crippen LogP contribution in [0, 0.1) is 0 Å². The second-order valence-electron chi connectivity index (χ2n) is 4.86. The molecule has 2 nitrogen and oxygen atoms in total. The Morgan fingerprint density at radius 2 is 1.90 bits per heavy atom. The Morgan fingerprint density at radius 3 is 2.50 bits per heavy atom. The van der Waals surface area contributed by atoms with Crippen LogP contribution in [0.25, 0.3) is 10.6 Å². The van der Waals surface area contributed by atoms with Crippen molar-refractivity contribution in [1.82, 2.24) is 10.3 Å². The molecule has 1 heterocycles. The van der Waals surface area contributed by atoms with Crippen molar-refractivity contribution in [2.45, 2.75) is 31.6 Å². The summed E-state index contributed by atoms with van der Waals surface area (Å²) >= 11 is 1.51. The van der Waals surface area contributed by atoms with Gasteiger partial charge in [-0.15, -0.1) is 11.3 Å². The highest BCUT2D eigenvalue weighted by atomic mass is 32.1. The topological polar surface area (TPSA) is 24.9 Å². The first-order chi connectivity index (χ1) is 9.52. The SMILES string of the molecule is FC(F)(F)c1ccc(-c2ncc(CNC3CC3)s2)cc1. The predicted octanol–water partition coefficient (Wildman–Crippen LogP) is 4.08. The number of aromatic nitrogens is 1. The minimum Gasteiger partial charge on any atom is -0.309 e. The van der Waals surface area contributed by atoms with Crippen molar-refractivity contribution in [1.29, 1.82) is 0 Å². The van der Waals surface area contributed by atoms with Gasteiger partial charge < -0.3 is 5.32 Å². The Labute approximate surface area is 118 Å². The first kappa shape index (κ1) is 13.6. The fourth-order valence-electron chi connectivity index (χ4n) is 1.86. The maximum absolute atomic E-state index is 12.5. The van der Waals surface area contributed by atoms with Crippen molar-refractivity contribution in [3.63, 3.8) is 0 Å². The number of hydrogen-bond acceptors (Lipinski definition) is 3. The van der Waals surface area contributed by atoms with Crippen molar-refractivity contribution in [2.24, 2.45) is 0 Å². The highest BCUT2D eigenvalue weighted by Crippen LogP contribution is 2.32. The minimum atomic E-state index is -4.29. The van der Waals surface area contributed by atoms with E-state index in [2.05, 4.69) is 10.3 Å². The normalized spacial score (nSPS) is 15.6. The summed E-state index contributed by atoms with van der Waals surface area (Å²) < 4.78 is 37.5. The van der Waals surface area contributed by atoms with Crippen molar-refractivity contribution in [2.75, 3.05) is 0 Å². The quantitative estimate of drug-likeness (QED) is 0.920. The number of nitrogens with one attached hydrogen (secondary N) is 1. The van der Waals surface area contributed by atoms with E-state index in [1.807, 2.05) is 0 Å². The number of alkyl halides is 3. The maximum atomic E-state index is 12.5. The Balaban J connectivity index is 1.71. The van der Waals surface area contributed by atoms with Crippen LogP contribution in [-0.4, -0.2) is 11.0 Å². The summed E-state index contributed by atoms with van der Waals surface area (Å²) in [5, 5.41) is 4.14. The minimum absolute atomic E-state index is 0.631. The van der Waals surface area contributed by atoms with Gasteiger partial charge in [-0.05, 0) is 25.0 Å². The molecule has 1 aliphatic rings. The lowest BCUT2D eigenvalue weighted by Gasteiger charge is -2.06. The second-order valence-corrected chi connectivity index (χ2v) is 5.98. The van der Waals surface area contributed by atoms with Crippen molar-refractivity contribution in [3.8, 4) is 10.6 Å². The highest BCUT2D eigenvalue weighted by Gasteiger charge is 2.30. The predicted molar refractivity (Wildman–Crippen MR) is 72.4 cm³/mol. The van der Waals surface area contributed by atoms with Gasteiger partial charge in [0.1, 0.15) is 5.01 Å². The van der Waals surface area contributed by atoms with Gasteiger partial charge in [0.2, 0.25) is 0 Å². The number of rotatable bonds is 4. The van der Waals surface area contributed by atoms with Crippen LogP contribution in [0.5, 0.6) is 0 Å². The van der Waals surface area contributed by atoms with E-state index in [4.69, 9.17) is 0 Å². The van der Waals surface area contributed by atoms with E-state index in [9.17, 15) is 13.2 Å². The van der Waals surface area contributed by atoms with E-state index < -0.39 is 11.7 Å². The van der Waals surface area contributed by atoms with E-state index >= 15 is 0 Å². The molecule has 106 valence electrons. The van der Waals surface area contributed by atoms with E-state index in [1.165, 1.54) is 36.3 Å². The average molecular weight is 298 g/mol. The van der Waals surface area contributed by atoms with Gasteiger partial charge in [0, 0.05) is 29.2 Å². The summed E-state index contributed by atoms with van der Waals surface area (Å²) in [5.41, 5.74) is 0.0918. The number of nitrogens with zero attached hydrogens (tertiary/aromatic N) is 1. The van der Waals surface area contributed by atoms with Crippen LogP contribution in [0.4, 0.5) is 13.2 Å². The maximum Gasteiger partial charge on any atom is 0.416 e. The van der Waals surface area contributed by atoms with Gasteiger partial charge in [-0.1, -0.05) is 12.1 Å². The highest BCUT2D eigenvalue weighted by molar-refractivity contribution is 7.15. The summed E-state index contributed by atoms with van der Waals surface area (Å²) in [6.07, 6.45) is -0.0526. The molecule has 1 aromatic heterocycles. The molecule has 0 spiro atoms. The third kappa shape index (κ3) is 3.19. The average Bonchev–Trinajstić information content (AvgIpc) is 3.13. The summed E-state index contributed by atoms with van der Waals surface area (Å²) in [6.45, 7) is 0.781. The zero-order chi connectivity index (χ0) is 14.2. The lowest BCUT2D eigenvalue weighted by Crippen LogP contribution is -2.14. The molecule has 0 saturated heterocycles.